The van der Waals surface area contributed by atoms with E-state index in [0.717, 1.165) is 24.2 Å². The van der Waals surface area contributed by atoms with Crippen LogP contribution in [0.5, 0.6) is 0 Å². The summed E-state index contributed by atoms with van der Waals surface area (Å²) < 4.78 is 2.24. The number of H-pyrrole nitrogens is 1. The first-order valence-electron chi connectivity index (χ1n) is 6.43. The predicted molar refractivity (Wildman–Crippen MR) is 80.3 cm³/mol. The fraction of sp³-hybridized carbons (Fsp3) is 0.357. The van der Waals surface area contributed by atoms with Crippen molar-refractivity contribution >= 4 is 27.5 Å². The van der Waals surface area contributed by atoms with Gasteiger partial charge in [-0.1, -0.05) is 24.4 Å². The number of rotatable bonds is 2. The number of aromatic amines is 1. The number of aromatic nitrogens is 2. The largest absolute Gasteiger partial charge is 0.294 e. The summed E-state index contributed by atoms with van der Waals surface area (Å²) in [4.78, 5) is 12.3. The lowest BCUT2D eigenvalue weighted by Crippen LogP contribution is -2.14. The zero-order valence-corrected chi connectivity index (χ0v) is 12.7. The molecule has 0 saturated heterocycles. The van der Waals surface area contributed by atoms with E-state index in [4.69, 9.17) is 11.6 Å². The van der Waals surface area contributed by atoms with Crippen LogP contribution in [0.15, 0.2) is 33.5 Å². The third-order valence-electron chi connectivity index (χ3n) is 3.71. The number of hydrogen-bond acceptors (Lipinski definition) is 1. The molecule has 0 spiro atoms. The topological polar surface area (TPSA) is 37.8 Å². The highest BCUT2D eigenvalue weighted by molar-refractivity contribution is 9.10. The van der Waals surface area contributed by atoms with Gasteiger partial charge in [-0.3, -0.25) is 9.89 Å². The van der Waals surface area contributed by atoms with Crippen LogP contribution in [-0.4, -0.2) is 9.78 Å². The molecule has 1 aliphatic rings. The van der Waals surface area contributed by atoms with Crippen LogP contribution in [0.3, 0.4) is 0 Å². The van der Waals surface area contributed by atoms with Gasteiger partial charge in [0.1, 0.15) is 4.47 Å². The highest BCUT2D eigenvalue weighted by Crippen LogP contribution is 2.35. The predicted octanol–water partition coefficient (Wildman–Crippen LogP) is 4.24. The number of nitrogens with one attached hydrogen (secondary N) is 1. The van der Waals surface area contributed by atoms with Gasteiger partial charge in [-0.15, -0.1) is 0 Å². The first-order chi connectivity index (χ1) is 9.16. The van der Waals surface area contributed by atoms with Crippen molar-refractivity contribution in [2.24, 2.45) is 0 Å². The molecule has 0 unspecified atom stereocenters. The smallest absolute Gasteiger partial charge is 0.285 e. The summed E-state index contributed by atoms with van der Waals surface area (Å²) in [6.45, 7) is 0. The molecule has 1 saturated carbocycles. The van der Waals surface area contributed by atoms with Crippen LogP contribution in [0.25, 0.3) is 5.69 Å². The fourth-order valence-electron chi connectivity index (χ4n) is 2.69. The average molecular weight is 342 g/mol. The molecule has 2 aromatic rings. The summed E-state index contributed by atoms with van der Waals surface area (Å²) in [6, 6.07) is 7.25. The number of halogens is 2. The molecule has 1 aromatic heterocycles. The lowest BCUT2D eigenvalue weighted by Gasteiger charge is -2.07. The van der Waals surface area contributed by atoms with Gasteiger partial charge in [0.25, 0.3) is 5.56 Å². The molecule has 0 amide bonds. The van der Waals surface area contributed by atoms with Crippen LogP contribution < -0.4 is 5.56 Å². The van der Waals surface area contributed by atoms with Gasteiger partial charge in [0.05, 0.1) is 11.4 Å². The van der Waals surface area contributed by atoms with Crippen LogP contribution >= 0.6 is 27.5 Å². The van der Waals surface area contributed by atoms with Crippen molar-refractivity contribution in [3.8, 4) is 5.69 Å². The quantitative estimate of drug-likeness (QED) is 0.871. The van der Waals surface area contributed by atoms with E-state index in [1.165, 1.54) is 12.8 Å². The maximum absolute atomic E-state index is 12.3. The van der Waals surface area contributed by atoms with Crippen molar-refractivity contribution in [3.63, 3.8) is 0 Å². The van der Waals surface area contributed by atoms with E-state index >= 15 is 0 Å². The van der Waals surface area contributed by atoms with Gasteiger partial charge >= 0.3 is 0 Å². The van der Waals surface area contributed by atoms with Crippen molar-refractivity contribution in [1.82, 2.24) is 9.78 Å². The Hall–Kier alpha value is -1.00. The zero-order chi connectivity index (χ0) is 13.4. The maximum atomic E-state index is 12.3. The minimum Gasteiger partial charge on any atom is -0.294 e. The summed E-state index contributed by atoms with van der Waals surface area (Å²) in [5, 5.41) is 3.91. The van der Waals surface area contributed by atoms with E-state index in [-0.39, 0.29) is 5.56 Å². The Balaban J connectivity index is 2.05. The van der Waals surface area contributed by atoms with E-state index in [1.807, 2.05) is 12.1 Å². The van der Waals surface area contributed by atoms with Crippen molar-refractivity contribution in [3.05, 3.63) is 49.8 Å². The summed E-state index contributed by atoms with van der Waals surface area (Å²) in [7, 11) is 0. The number of nitrogens with zero attached hydrogens (tertiary/aromatic N) is 1. The molecule has 1 N–H and O–H groups in total. The van der Waals surface area contributed by atoms with E-state index in [2.05, 4.69) is 21.0 Å². The van der Waals surface area contributed by atoms with Gasteiger partial charge in [-0.25, -0.2) is 4.68 Å². The Kier molecular flexibility index (Phi) is 3.54. The SMILES string of the molecule is O=c1c(Br)c(C2CCCC2)[nH]n1-c1ccc(Cl)cc1. The summed E-state index contributed by atoms with van der Waals surface area (Å²) in [5.74, 6) is 0.468. The second-order valence-electron chi connectivity index (χ2n) is 4.94. The normalized spacial score (nSPS) is 16.1. The molecule has 3 rings (SSSR count). The number of benzene rings is 1. The molecular formula is C14H14BrClN2O. The summed E-state index contributed by atoms with van der Waals surface area (Å²) in [6.07, 6.45) is 4.79. The molecule has 0 radical (unpaired) electrons. The molecule has 19 heavy (non-hydrogen) atoms. The van der Waals surface area contributed by atoms with Crippen molar-refractivity contribution in [1.29, 1.82) is 0 Å². The summed E-state index contributed by atoms with van der Waals surface area (Å²) >= 11 is 9.30. The van der Waals surface area contributed by atoms with Gasteiger partial charge in [0.2, 0.25) is 0 Å². The Morgan fingerprint density at radius 2 is 1.84 bits per heavy atom. The molecule has 100 valence electrons. The molecule has 0 aliphatic heterocycles. The molecule has 1 aromatic carbocycles. The van der Waals surface area contributed by atoms with Crippen LogP contribution in [-0.2, 0) is 0 Å². The van der Waals surface area contributed by atoms with Crippen molar-refractivity contribution < 1.29 is 0 Å². The Bertz CT molecular complexity index is 638. The molecule has 0 atom stereocenters. The fourth-order valence-corrected chi connectivity index (χ4v) is 3.41. The lowest BCUT2D eigenvalue weighted by atomic mass is 10.1. The minimum atomic E-state index is -0.0378. The van der Waals surface area contributed by atoms with E-state index in [9.17, 15) is 4.79 Å². The molecule has 1 fully saturated rings. The molecule has 5 heteroatoms. The first kappa shape index (κ1) is 13.0. The highest BCUT2D eigenvalue weighted by atomic mass is 79.9. The standard InChI is InChI=1S/C14H14BrClN2O/c15-12-13(9-3-1-2-4-9)17-18(14(12)19)11-7-5-10(16)6-8-11/h5-9,17H,1-4H2. The van der Waals surface area contributed by atoms with Gasteiger partial charge in [-0.05, 0) is 53.0 Å². The second kappa shape index (κ2) is 5.17. The van der Waals surface area contributed by atoms with E-state index in [0.29, 0.717) is 15.4 Å². The molecular weight excluding hydrogens is 328 g/mol. The van der Waals surface area contributed by atoms with Crippen LogP contribution in [0.1, 0.15) is 37.3 Å². The van der Waals surface area contributed by atoms with Gasteiger partial charge in [0, 0.05) is 10.9 Å². The summed E-state index contributed by atoms with van der Waals surface area (Å²) in [5.41, 5.74) is 1.79. The zero-order valence-electron chi connectivity index (χ0n) is 10.3. The van der Waals surface area contributed by atoms with Crippen molar-refractivity contribution in [2.75, 3.05) is 0 Å². The maximum Gasteiger partial charge on any atom is 0.285 e. The van der Waals surface area contributed by atoms with Gasteiger partial charge < -0.3 is 0 Å². The third-order valence-corrected chi connectivity index (χ3v) is 4.73. The molecule has 1 heterocycles. The van der Waals surface area contributed by atoms with E-state index < -0.39 is 0 Å². The number of hydrogen-bond donors (Lipinski definition) is 1. The van der Waals surface area contributed by atoms with Crippen LogP contribution in [0, 0.1) is 0 Å². The molecule has 3 nitrogen and oxygen atoms in total. The minimum absolute atomic E-state index is 0.0378. The molecule has 0 bridgehead atoms. The Morgan fingerprint density at radius 3 is 2.47 bits per heavy atom. The Labute approximate surface area is 124 Å². The molecule has 1 aliphatic carbocycles. The highest BCUT2D eigenvalue weighted by Gasteiger charge is 2.24. The average Bonchev–Trinajstić information content (AvgIpc) is 3.02. The third kappa shape index (κ3) is 2.39. The first-order valence-corrected chi connectivity index (χ1v) is 7.60. The van der Waals surface area contributed by atoms with Crippen molar-refractivity contribution in [2.45, 2.75) is 31.6 Å². The van der Waals surface area contributed by atoms with Crippen LogP contribution in [0.2, 0.25) is 5.02 Å². The van der Waals surface area contributed by atoms with Crippen LogP contribution in [0.4, 0.5) is 0 Å². The van der Waals surface area contributed by atoms with Gasteiger partial charge in [0.15, 0.2) is 0 Å². The lowest BCUT2D eigenvalue weighted by molar-refractivity contribution is 0.675. The van der Waals surface area contributed by atoms with Gasteiger partial charge in [-0.2, -0.15) is 0 Å². The Morgan fingerprint density at radius 1 is 1.21 bits per heavy atom. The van der Waals surface area contributed by atoms with E-state index in [1.54, 1.807) is 16.8 Å². The second-order valence-corrected chi connectivity index (χ2v) is 6.17. The monoisotopic (exact) mass is 340 g/mol.